The van der Waals surface area contributed by atoms with Gasteiger partial charge in [-0.1, -0.05) is 29.8 Å². The van der Waals surface area contributed by atoms with E-state index in [4.69, 9.17) is 0 Å². The molecular weight excluding hydrogens is 254 g/mol. The molecule has 3 nitrogen and oxygen atoms in total. The number of sulfonamides is 1. The van der Waals surface area contributed by atoms with Crippen molar-refractivity contribution in [2.75, 3.05) is 18.2 Å². The van der Waals surface area contributed by atoms with Gasteiger partial charge in [-0.2, -0.15) is 4.31 Å². The first-order chi connectivity index (χ1) is 8.08. The van der Waals surface area contributed by atoms with Crippen LogP contribution < -0.4 is 0 Å². The second kappa shape index (κ2) is 5.25. The largest absolute Gasteiger partial charge is 0.237 e. The molecule has 0 spiro atoms. The predicted octanol–water partition coefficient (Wildman–Crippen LogP) is 2.30. The average Bonchev–Trinajstić information content (AvgIpc) is 2.82. The maximum atomic E-state index is 11.9. The van der Waals surface area contributed by atoms with Gasteiger partial charge in [-0.15, -0.1) is 11.8 Å². The Hall–Kier alpha value is -0.780. The summed E-state index contributed by atoms with van der Waals surface area (Å²) in [5.41, 5.74) is 2.08. The molecule has 0 aromatic heterocycles. The monoisotopic (exact) mass is 269 g/mol. The van der Waals surface area contributed by atoms with Crippen molar-refractivity contribution in [1.82, 2.24) is 4.31 Å². The van der Waals surface area contributed by atoms with Gasteiger partial charge in [0.2, 0.25) is 10.0 Å². The van der Waals surface area contributed by atoms with Crippen molar-refractivity contribution in [1.29, 1.82) is 0 Å². The molecule has 1 aromatic carbocycles. The quantitative estimate of drug-likeness (QED) is 0.845. The molecule has 5 heteroatoms. The molecule has 0 aliphatic carbocycles. The number of nitrogens with zero attached hydrogens (tertiary/aromatic N) is 1. The summed E-state index contributed by atoms with van der Waals surface area (Å²) in [5.74, 6) is 1.46. The zero-order chi connectivity index (χ0) is 12.3. The molecule has 0 saturated carbocycles. The van der Waals surface area contributed by atoms with E-state index in [0.717, 1.165) is 11.3 Å². The normalized spacial score (nSPS) is 17.9. The van der Waals surface area contributed by atoms with Gasteiger partial charge in [0, 0.05) is 17.7 Å². The van der Waals surface area contributed by atoms with Gasteiger partial charge in [0.1, 0.15) is 0 Å². The van der Waals surface area contributed by atoms with E-state index in [1.54, 1.807) is 17.8 Å². The highest BCUT2D eigenvalue weighted by Crippen LogP contribution is 2.18. The number of hydrogen-bond acceptors (Lipinski definition) is 3. The fourth-order valence-electron chi connectivity index (χ4n) is 1.53. The fraction of sp³-hybridized carbons (Fsp3) is 0.333. The van der Waals surface area contributed by atoms with Crippen LogP contribution in [0.4, 0.5) is 0 Å². The molecule has 0 unspecified atom stereocenters. The third kappa shape index (κ3) is 3.34. The predicted molar refractivity (Wildman–Crippen MR) is 73.2 cm³/mol. The van der Waals surface area contributed by atoms with Gasteiger partial charge in [0.05, 0.1) is 5.88 Å². The van der Waals surface area contributed by atoms with E-state index in [0.29, 0.717) is 12.4 Å². The first kappa shape index (κ1) is 12.7. The molecule has 0 bridgehead atoms. The van der Waals surface area contributed by atoms with Crippen molar-refractivity contribution in [2.45, 2.75) is 6.92 Å². The molecule has 1 aliphatic rings. The number of thioether (sulfide) groups is 1. The van der Waals surface area contributed by atoms with E-state index in [1.807, 2.05) is 31.2 Å². The van der Waals surface area contributed by atoms with Crippen LogP contribution in [0.2, 0.25) is 0 Å². The van der Waals surface area contributed by atoms with E-state index in [1.165, 1.54) is 15.3 Å². The van der Waals surface area contributed by atoms with E-state index in [9.17, 15) is 8.42 Å². The molecule has 0 amide bonds. The molecule has 2 rings (SSSR count). The molecule has 1 aliphatic heterocycles. The molecule has 0 radical (unpaired) electrons. The highest BCUT2D eigenvalue weighted by Gasteiger charge is 2.22. The lowest BCUT2D eigenvalue weighted by Crippen LogP contribution is -2.25. The Balaban J connectivity index is 2.11. The van der Waals surface area contributed by atoms with Crippen LogP contribution >= 0.6 is 11.8 Å². The van der Waals surface area contributed by atoms with Crippen LogP contribution in [0.25, 0.3) is 6.08 Å². The Morgan fingerprint density at radius 1 is 1.29 bits per heavy atom. The van der Waals surface area contributed by atoms with Gasteiger partial charge in [0.25, 0.3) is 0 Å². The van der Waals surface area contributed by atoms with Crippen LogP contribution in [0, 0.1) is 6.92 Å². The zero-order valence-electron chi connectivity index (χ0n) is 9.67. The number of aryl methyl sites for hydroxylation is 1. The summed E-state index contributed by atoms with van der Waals surface area (Å²) in [6.45, 7) is 2.62. The van der Waals surface area contributed by atoms with E-state index in [2.05, 4.69) is 0 Å². The van der Waals surface area contributed by atoms with Crippen molar-refractivity contribution in [3.8, 4) is 0 Å². The molecule has 1 aromatic rings. The summed E-state index contributed by atoms with van der Waals surface area (Å²) < 4.78 is 25.3. The highest BCUT2D eigenvalue weighted by molar-refractivity contribution is 8.01. The smallest absolute Gasteiger partial charge is 0.207 e. The summed E-state index contributed by atoms with van der Waals surface area (Å²) in [4.78, 5) is 0. The maximum absolute atomic E-state index is 11.9. The SMILES string of the molecule is Cc1ccc(/C=C/S(=O)(=O)N2CCSC2)cc1. The zero-order valence-corrected chi connectivity index (χ0v) is 11.3. The summed E-state index contributed by atoms with van der Waals surface area (Å²) in [5, 5.41) is 1.30. The van der Waals surface area contributed by atoms with Crippen molar-refractivity contribution in [3.63, 3.8) is 0 Å². The van der Waals surface area contributed by atoms with Crippen molar-refractivity contribution in [2.24, 2.45) is 0 Å². The van der Waals surface area contributed by atoms with Crippen LogP contribution in [0.1, 0.15) is 11.1 Å². The van der Waals surface area contributed by atoms with Crippen LogP contribution in [-0.2, 0) is 10.0 Å². The maximum Gasteiger partial charge on any atom is 0.237 e. The van der Waals surface area contributed by atoms with Crippen LogP contribution in [0.3, 0.4) is 0 Å². The van der Waals surface area contributed by atoms with Crippen LogP contribution in [-0.4, -0.2) is 30.9 Å². The Kier molecular flexibility index (Phi) is 3.91. The Bertz CT molecular complexity index is 500. The number of hydrogen-bond donors (Lipinski definition) is 0. The number of rotatable bonds is 3. The van der Waals surface area contributed by atoms with Gasteiger partial charge >= 0.3 is 0 Å². The van der Waals surface area contributed by atoms with Gasteiger partial charge in [-0.25, -0.2) is 8.42 Å². The lowest BCUT2D eigenvalue weighted by atomic mass is 10.2. The van der Waals surface area contributed by atoms with Gasteiger partial charge in [-0.3, -0.25) is 0 Å². The molecular formula is C12H15NO2S2. The van der Waals surface area contributed by atoms with E-state index >= 15 is 0 Å². The summed E-state index contributed by atoms with van der Waals surface area (Å²) in [6, 6.07) is 7.77. The van der Waals surface area contributed by atoms with Crippen molar-refractivity contribution in [3.05, 3.63) is 40.8 Å². The average molecular weight is 269 g/mol. The standard InChI is InChI=1S/C12H15NO2S2/c1-11-2-4-12(5-3-11)6-9-17(14,15)13-7-8-16-10-13/h2-6,9H,7-8,10H2,1H3/b9-6+. The number of benzene rings is 1. The second-order valence-electron chi connectivity index (χ2n) is 3.97. The van der Waals surface area contributed by atoms with Gasteiger partial charge in [-0.05, 0) is 18.6 Å². The molecule has 0 N–H and O–H groups in total. The first-order valence-electron chi connectivity index (χ1n) is 5.40. The highest BCUT2D eigenvalue weighted by atomic mass is 32.2. The molecule has 1 saturated heterocycles. The summed E-state index contributed by atoms with van der Waals surface area (Å²) in [6.07, 6.45) is 1.65. The molecule has 1 fully saturated rings. The van der Waals surface area contributed by atoms with Crippen molar-refractivity contribution >= 4 is 27.9 Å². The lowest BCUT2D eigenvalue weighted by molar-refractivity contribution is 0.499. The van der Waals surface area contributed by atoms with E-state index in [-0.39, 0.29) is 0 Å². The fourth-order valence-corrected chi connectivity index (χ4v) is 4.11. The Morgan fingerprint density at radius 3 is 2.59 bits per heavy atom. The second-order valence-corrected chi connectivity index (χ2v) is 6.86. The molecule has 1 heterocycles. The summed E-state index contributed by atoms with van der Waals surface area (Å²) >= 11 is 1.65. The minimum absolute atomic E-state index is 0.570. The van der Waals surface area contributed by atoms with Crippen LogP contribution in [0.5, 0.6) is 0 Å². The topological polar surface area (TPSA) is 37.4 Å². The lowest BCUT2D eigenvalue weighted by Gasteiger charge is -2.10. The Labute approximate surface area is 107 Å². The molecule has 92 valence electrons. The van der Waals surface area contributed by atoms with E-state index < -0.39 is 10.0 Å². The van der Waals surface area contributed by atoms with Crippen LogP contribution in [0.15, 0.2) is 29.7 Å². The minimum Gasteiger partial charge on any atom is -0.207 e. The molecule has 0 atom stereocenters. The third-order valence-corrected chi connectivity index (χ3v) is 5.23. The van der Waals surface area contributed by atoms with Gasteiger partial charge < -0.3 is 0 Å². The Morgan fingerprint density at radius 2 is 2.00 bits per heavy atom. The van der Waals surface area contributed by atoms with Gasteiger partial charge in [0.15, 0.2) is 0 Å². The molecule has 17 heavy (non-hydrogen) atoms. The van der Waals surface area contributed by atoms with Crippen molar-refractivity contribution < 1.29 is 8.42 Å². The third-order valence-electron chi connectivity index (χ3n) is 2.59. The minimum atomic E-state index is -3.24. The summed E-state index contributed by atoms with van der Waals surface area (Å²) in [7, 11) is -3.24. The first-order valence-corrected chi connectivity index (χ1v) is 8.06.